The second kappa shape index (κ2) is 7.63. The van der Waals surface area contributed by atoms with Gasteiger partial charge in [-0.2, -0.15) is 5.10 Å². The highest BCUT2D eigenvalue weighted by atomic mass is 35.5. The molecule has 3 rings (SSSR count). The summed E-state index contributed by atoms with van der Waals surface area (Å²) in [5.41, 5.74) is 2.55. The molecule has 0 amide bonds. The topological polar surface area (TPSA) is 75.9 Å². The highest BCUT2D eigenvalue weighted by molar-refractivity contribution is 6.30. The number of hydrogen-bond acceptors (Lipinski definition) is 5. The van der Waals surface area contributed by atoms with Gasteiger partial charge < -0.3 is 10.4 Å². The van der Waals surface area contributed by atoms with E-state index < -0.39 is 0 Å². The first-order chi connectivity index (χ1) is 12.1. The van der Waals surface area contributed by atoms with Crippen LogP contribution >= 0.6 is 11.6 Å². The second-order valence-electron chi connectivity index (χ2n) is 5.80. The smallest absolute Gasteiger partial charge is 0.165 e. The van der Waals surface area contributed by atoms with Crippen LogP contribution in [0, 0.1) is 0 Å². The monoisotopic (exact) mass is 357 g/mol. The van der Waals surface area contributed by atoms with Crippen LogP contribution in [0.1, 0.15) is 13.3 Å². The van der Waals surface area contributed by atoms with Crippen LogP contribution in [0.4, 0.5) is 5.82 Å². The maximum absolute atomic E-state index is 9.46. The van der Waals surface area contributed by atoms with Crippen LogP contribution < -0.4 is 5.32 Å². The Morgan fingerprint density at radius 3 is 2.56 bits per heavy atom. The quantitative estimate of drug-likeness (QED) is 0.707. The molecule has 7 heteroatoms. The maximum atomic E-state index is 9.46. The van der Waals surface area contributed by atoms with E-state index in [4.69, 9.17) is 11.6 Å². The highest BCUT2D eigenvalue weighted by Crippen LogP contribution is 2.25. The summed E-state index contributed by atoms with van der Waals surface area (Å²) in [6.07, 6.45) is 4.39. The summed E-state index contributed by atoms with van der Waals surface area (Å²) in [4.78, 5) is 9.25. The van der Waals surface area contributed by atoms with Crippen LogP contribution in [0.2, 0.25) is 5.02 Å². The number of rotatable bonds is 6. The third-order valence-electron chi connectivity index (χ3n) is 3.89. The molecule has 0 spiro atoms. The van der Waals surface area contributed by atoms with Crippen LogP contribution in [0.3, 0.4) is 0 Å². The third kappa shape index (κ3) is 4.15. The van der Waals surface area contributed by atoms with Gasteiger partial charge in [0.2, 0.25) is 0 Å². The molecular formula is C18H20ClN5O. The van der Waals surface area contributed by atoms with Gasteiger partial charge in [-0.25, -0.2) is 9.97 Å². The molecule has 2 N–H and O–H groups in total. The van der Waals surface area contributed by atoms with Gasteiger partial charge in [0.25, 0.3) is 0 Å². The zero-order valence-electron chi connectivity index (χ0n) is 14.1. The van der Waals surface area contributed by atoms with E-state index in [1.54, 1.807) is 10.9 Å². The van der Waals surface area contributed by atoms with Crippen molar-refractivity contribution in [3.63, 3.8) is 0 Å². The van der Waals surface area contributed by atoms with E-state index in [9.17, 15) is 5.11 Å². The molecule has 25 heavy (non-hydrogen) atoms. The Kier molecular flexibility index (Phi) is 5.31. The fraction of sp³-hybridized carbons (Fsp3) is 0.278. The zero-order valence-corrected chi connectivity index (χ0v) is 14.9. The van der Waals surface area contributed by atoms with Crippen molar-refractivity contribution in [2.24, 2.45) is 7.05 Å². The number of benzene rings is 1. The van der Waals surface area contributed by atoms with E-state index in [1.807, 2.05) is 50.5 Å². The summed E-state index contributed by atoms with van der Waals surface area (Å²) in [5, 5.41) is 17.6. The van der Waals surface area contributed by atoms with Crippen molar-refractivity contribution in [3.05, 3.63) is 47.7 Å². The van der Waals surface area contributed by atoms with Gasteiger partial charge in [-0.15, -0.1) is 0 Å². The minimum Gasteiger partial charge on any atom is -0.394 e. The van der Waals surface area contributed by atoms with Gasteiger partial charge in [-0.05, 0) is 18.6 Å². The summed E-state index contributed by atoms with van der Waals surface area (Å²) < 4.78 is 1.71. The standard InChI is InChI=1S/C18H20ClN5O/c1-3-15(11-25)21-17-8-16(12-4-6-14(19)7-5-12)22-18(23-17)13-9-20-24(2)10-13/h4-10,15,25H,3,11H2,1-2H3,(H,21,22,23)/t15-/m1/s1. The van der Waals surface area contributed by atoms with E-state index in [0.29, 0.717) is 16.7 Å². The van der Waals surface area contributed by atoms with Crippen molar-refractivity contribution in [3.8, 4) is 22.6 Å². The Labute approximate surface area is 151 Å². The van der Waals surface area contributed by atoms with Gasteiger partial charge in [-0.3, -0.25) is 4.68 Å². The van der Waals surface area contributed by atoms with Crippen molar-refractivity contribution >= 4 is 17.4 Å². The molecule has 0 fully saturated rings. The predicted molar refractivity (Wildman–Crippen MR) is 99.5 cm³/mol. The lowest BCUT2D eigenvalue weighted by Crippen LogP contribution is -2.23. The number of nitrogens with zero attached hydrogens (tertiary/aromatic N) is 4. The second-order valence-corrected chi connectivity index (χ2v) is 6.24. The minimum absolute atomic E-state index is 0.0407. The van der Waals surface area contributed by atoms with Crippen molar-refractivity contribution in [2.45, 2.75) is 19.4 Å². The molecule has 0 bridgehead atoms. The molecule has 1 aromatic carbocycles. The molecule has 3 aromatic rings. The van der Waals surface area contributed by atoms with Crippen LogP contribution in [0.15, 0.2) is 42.7 Å². The van der Waals surface area contributed by atoms with Gasteiger partial charge in [0, 0.05) is 29.9 Å². The number of anilines is 1. The summed E-state index contributed by atoms with van der Waals surface area (Å²) >= 11 is 5.98. The lowest BCUT2D eigenvalue weighted by Gasteiger charge is -2.16. The summed E-state index contributed by atoms with van der Waals surface area (Å²) in [6.45, 7) is 2.05. The van der Waals surface area contributed by atoms with Crippen LogP contribution in [0.5, 0.6) is 0 Å². The van der Waals surface area contributed by atoms with Crippen molar-refractivity contribution in [1.29, 1.82) is 0 Å². The van der Waals surface area contributed by atoms with Crippen LogP contribution in [-0.2, 0) is 7.05 Å². The normalized spacial score (nSPS) is 12.2. The molecule has 0 aliphatic rings. The molecule has 1 atom stereocenters. The van der Waals surface area contributed by atoms with Gasteiger partial charge in [0.1, 0.15) is 5.82 Å². The molecule has 0 saturated heterocycles. The predicted octanol–water partition coefficient (Wildman–Crippen LogP) is 3.38. The van der Waals surface area contributed by atoms with Crippen molar-refractivity contribution in [2.75, 3.05) is 11.9 Å². The summed E-state index contributed by atoms with van der Waals surface area (Å²) in [7, 11) is 1.85. The average Bonchev–Trinajstić information content (AvgIpc) is 3.06. The van der Waals surface area contributed by atoms with Gasteiger partial charge in [0.05, 0.1) is 30.1 Å². The lowest BCUT2D eigenvalue weighted by atomic mass is 10.1. The molecule has 0 aliphatic carbocycles. The van der Waals surface area contributed by atoms with E-state index >= 15 is 0 Å². The molecule has 2 aromatic heterocycles. The van der Waals surface area contributed by atoms with Crippen LogP contribution in [-0.4, -0.2) is 37.5 Å². The molecule has 0 unspecified atom stereocenters. The van der Waals surface area contributed by atoms with Crippen LogP contribution in [0.25, 0.3) is 22.6 Å². The first kappa shape index (κ1) is 17.4. The van der Waals surface area contributed by atoms with Gasteiger partial charge in [0.15, 0.2) is 5.82 Å². The average molecular weight is 358 g/mol. The Balaban J connectivity index is 2.05. The minimum atomic E-state index is -0.0604. The number of aliphatic hydroxyl groups excluding tert-OH is 1. The van der Waals surface area contributed by atoms with E-state index in [1.165, 1.54) is 0 Å². The fourth-order valence-electron chi connectivity index (χ4n) is 2.44. The zero-order chi connectivity index (χ0) is 17.8. The number of halogens is 1. The molecule has 2 heterocycles. The number of aryl methyl sites for hydroxylation is 1. The first-order valence-electron chi connectivity index (χ1n) is 8.10. The van der Waals surface area contributed by atoms with Gasteiger partial charge >= 0.3 is 0 Å². The number of nitrogens with one attached hydrogen (secondary N) is 1. The largest absolute Gasteiger partial charge is 0.394 e. The highest BCUT2D eigenvalue weighted by Gasteiger charge is 2.12. The van der Waals surface area contributed by atoms with E-state index in [0.717, 1.165) is 23.2 Å². The Bertz CT molecular complexity index is 843. The molecule has 6 nitrogen and oxygen atoms in total. The molecule has 0 aliphatic heterocycles. The van der Waals surface area contributed by atoms with Crippen molar-refractivity contribution < 1.29 is 5.11 Å². The lowest BCUT2D eigenvalue weighted by molar-refractivity contribution is 0.271. The third-order valence-corrected chi connectivity index (χ3v) is 4.15. The number of aliphatic hydroxyl groups is 1. The van der Waals surface area contributed by atoms with E-state index in [2.05, 4.69) is 20.4 Å². The number of hydrogen-bond donors (Lipinski definition) is 2. The Morgan fingerprint density at radius 1 is 1.20 bits per heavy atom. The number of aromatic nitrogens is 4. The molecule has 0 saturated carbocycles. The summed E-state index contributed by atoms with van der Waals surface area (Å²) in [5.74, 6) is 1.25. The Hall–Kier alpha value is -2.44. The molecular weight excluding hydrogens is 338 g/mol. The van der Waals surface area contributed by atoms with E-state index in [-0.39, 0.29) is 12.6 Å². The SMILES string of the molecule is CC[C@H](CO)Nc1cc(-c2ccc(Cl)cc2)nc(-c2cnn(C)c2)n1. The maximum Gasteiger partial charge on any atom is 0.165 e. The summed E-state index contributed by atoms with van der Waals surface area (Å²) in [6, 6.07) is 9.32. The first-order valence-corrected chi connectivity index (χ1v) is 8.48. The Morgan fingerprint density at radius 2 is 1.96 bits per heavy atom. The van der Waals surface area contributed by atoms with Crippen molar-refractivity contribution in [1.82, 2.24) is 19.7 Å². The fourth-order valence-corrected chi connectivity index (χ4v) is 2.57. The molecule has 0 radical (unpaired) electrons. The van der Waals surface area contributed by atoms with Gasteiger partial charge in [-0.1, -0.05) is 30.7 Å². The molecule has 130 valence electrons.